The summed E-state index contributed by atoms with van der Waals surface area (Å²) in [5.74, 6) is 2.55. The third-order valence-electron chi connectivity index (χ3n) is 9.51. The van der Waals surface area contributed by atoms with Crippen LogP contribution in [0.4, 0.5) is 0 Å². The zero-order chi connectivity index (χ0) is 21.7. The lowest BCUT2D eigenvalue weighted by atomic mass is 9.53. The van der Waals surface area contributed by atoms with Crippen molar-refractivity contribution in [2.75, 3.05) is 0 Å². The molecule has 1 heterocycles. The van der Waals surface area contributed by atoms with E-state index in [1.807, 2.05) is 0 Å². The van der Waals surface area contributed by atoms with E-state index in [0.717, 1.165) is 17.8 Å². The molecule has 2 bridgehead atoms. The van der Waals surface area contributed by atoms with Gasteiger partial charge in [-0.3, -0.25) is 0 Å². The summed E-state index contributed by atoms with van der Waals surface area (Å²) in [4.78, 5) is 3.90. The van der Waals surface area contributed by atoms with Gasteiger partial charge in [0.1, 0.15) is 0 Å². The van der Waals surface area contributed by atoms with Crippen LogP contribution in [0.2, 0.25) is 0 Å². The van der Waals surface area contributed by atoms with Crippen molar-refractivity contribution in [2.24, 2.45) is 17.8 Å². The standard InChI is InChI=1S/C32H29N/c1-19-16-20-14-15-32(22(17-19)18-20)26-9-5-4-8-24(26)30-27(32)12-11-25-29-23-7-3-2-6-21(23)10-13-28(29)33-31(25)30/h2-13,19-20,22,33H,14-18H2,1H3. The summed E-state index contributed by atoms with van der Waals surface area (Å²) in [6, 6.07) is 27.7. The van der Waals surface area contributed by atoms with Crippen molar-refractivity contribution in [3.63, 3.8) is 0 Å². The quantitative estimate of drug-likeness (QED) is 0.255. The van der Waals surface area contributed by atoms with Crippen LogP contribution < -0.4 is 0 Å². The van der Waals surface area contributed by atoms with Crippen molar-refractivity contribution in [1.29, 1.82) is 0 Å². The first-order valence-electron chi connectivity index (χ1n) is 12.8. The van der Waals surface area contributed by atoms with Gasteiger partial charge in [-0.1, -0.05) is 73.7 Å². The van der Waals surface area contributed by atoms with Crippen molar-refractivity contribution < 1.29 is 0 Å². The third-order valence-corrected chi connectivity index (χ3v) is 9.51. The topological polar surface area (TPSA) is 15.8 Å². The average molecular weight is 428 g/mol. The Morgan fingerprint density at radius 3 is 2.64 bits per heavy atom. The minimum Gasteiger partial charge on any atom is -0.354 e. The Hall–Kier alpha value is -3.06. The number of rotatable bonds is 0. The highest BCUT2D eigenvalue weighted by Crippen LogP contribution is 2.63. The highest BCUT2D eigenvalue weighted by atomic mass is 14.7. The summed E-state index contributed by atoms with van der Waals surface area (Å²) >= 11 is 0. The van der Waals surface area contributed by atoms with E-state index in [1.54, 1.807) is 11.1 Å². The highest BCUT2D eigenvalue weighted by molar-refractivity contribution is 6.23. The van der Waals surface area contributed by atoms with Crippen molar-refractivity contribution in [3.05, 3.63) is 83.9 Å². The van der Waals surface area contributed by atoms with Crippen LogP contribution in [0.25, 0.3) is 43.7 Å². The number of aromatic nitrogens is 1. The van der Waals surface area contributed by atoms with Crippen molar-refractivity contribution in [2.45, 2.75) is 44.4 Å². The van der Waals surface area contributed by atoms with Crippen LogP contribution >= 0.6 is 0 Å². The summed E-state index contributed by atoms with van der Waals surface area (Å²) in [7, 11) is 0. The van der Waals surface area contributed by atoms with Crippen LogP contribution in [0.1, 0.15) is 50.2 Å². The normalized spacial score (nSPS) is 28.0. The van der Waals surface area contributed by atoms with E-state index in [9.17, 15) is 0 Å². The van der Waals surface area contributed by atoms with Crippen LogP contribution in [0.15, 0.2) is 72.8 Å². The molecule has 3 aliphatic rings. The van der Waals surface area contributed by atoms with Gasteiger partial charge in [-0.15, -0.1) is 0 Å². The second-order valence-corrected chi connectivity index (χ2v) is 11.2. The lowest BCUT2D eigenvalue weighted by Gasteiger charge is -2.50. The number of benzene rings is 4. The molecule has 1 spiro atoms. The minimum absolute atomic E-state index is 0.199. The number of nitrogens with one attached hydrogen (secondary N) is 1. The summed E-state index contributed by atoms with van der Waals surface area (Å²) in [6.07, 6.45) is 6.92. The fourth-order valence-electron chi connectivity index (χ4n) is 8.36. The van der Waals surface area contributed by atoms with Gasteiger partial charge in [-0.25, -0.2) is 0 Å². The zero-order valence-electron chi connectivity index (χ0n) is 19.2. The molecule has 2 fully saturated rings. The Labute approximate surface area is 194 Å². The number of aromatic amines is 1. The predicted octanol–water partition coefficient (Wildman–Crippen LogP) is 8.59. The minimum atomic E-state index is 0.199. The maximum absolute atomic E-state index is 3.90. The van der Waals surface area contributed by atoms with E-state index in [0.29, 0.717) is 0 Å². The molecule has 0 radical (unpaired) electrons. The molecule has 1 heteroatoms. The second-order valence-electron chi connectivity index (χ2n) is 11.2. The van der Waals surface area contributed by atoms with Gasteiger partial charge >= 0.3 is 0 Å². The van der Waals surface area contributed by atoms with Gasteiger partial charge in [-0.2, -0.15) is 0 Å². The highest BCUT2D eigenvalue weighted by Gasteiger charge is 2.53. The molecule has 33 heavy (non-hydrogen) atoms. The molecule has 1 aromatic heterocycles. The Bertz CT molecular complexity index is 1590. The summed E-state index contributed by atoms with van der Waals surface area (Å²) in [5, 5.41) is 5.42. The molecule has 8 rings (SSSR count). The van der Waals surface area contributed by atoms with Crippen molar-refractivity contribution >= 4 is 32.6 Å². The maximum Gasteiger partial charge on any atom is 0.0548 e. The molecule has 3 aliphatic carbocycles. The molecule has 2 saturated carbocycles. The molecule has 0 saturated heterocycles. The van der Waals surface area contributed by atoms with Crippen LogP contribution in [-0.2, 0) is 5.41 Å². The van der Waals surface area contributed by atoms with Crippen molar-refractivity contribution in [3.8, 4) is 11.1 Å². The SMILES string of the molecule is CC1CC2CCC3(c4ccccc4-c4c3ccc3c4[nH]c4ccc5ccccc5c43)C(C1)C2. The van der Waals surface area contributed by atoms with Gasteiger partial charge in [-0.05, 0) is 83.4 Å². The smallest absolute Gasteiger partial charge is 0.0548 e. The third kappa shape index (κ3) is 2.24. The first kappa shape index (κ1) is 18.4. The molecular formula is C32H29N. The number of hydrogen-bond donors (Lipinski definition) is 1. The van der Waals surface area contributed by atoms with Crippen molar-refractivity contribution in [1.82, 2.24) is 4.98 Å². The Kier molecular flexibility index (Phi) is 3.50. The van der Waals surface area contributed by atoms with E-state index in [4.69, 9.17) is 0 Å². The molecule has 162 valence electrons. The van der Waals surface area contributed by atoms with Gasteiger partial charge in [0.2, 0.25) is 0 Å². The fourth-order valence-corrected chi connectivity index (χ4v) is 8.36. The summed E-state index contributed by atoms with van der Waals surface area (Å²) in [5.41, 5.74) is 8.97. The van der Waals surface area contributed by atoms with Crippen LogP contribution in [-0.4, -0.2) is 4.98 Å². The van der Waals surface area contributed by atoms with E-state index in [-0.39, 0.29) is 5.41 Å². The van der Waals surface area contributed by atoms with Crippen LogP contribution in [0.3, 0.4) is 0 Å². The first-order valence-corrected chi connectivity index (χ1v) is 12.8. The molecule has 1 nitrogen and oxygen atoms in total. The Balaban J connectivity index is 1.48. The number of hydrogen-bond acceptors (Lipinski definition) is 0. The molecule has 4 unspecified atom stereocenters. The van der Waals surface area contributed by atoms with E-state index in [2.05, 4.69) is 84.7 Å². The van der Waals surface area contributed by atoms with E-state index in [1.165, 1.54) is 75.8 Å². The van der Waals surface area contributed by atoms with Gasteiger partial charge in [0, 0.05) is 27.3 Å². The van der Waals surface area contributed by atoms with Gasteiger partial charge in [0.25, 0.3) is 0 Å². The molecule has 0 amide bonds. The monoisotopic (exact) mass is 427 g/mol. The maximum atomic E-state index is 3.90. The largest absolute Gasteiger partial charge is 0.354 e. The molecule has 1 N–H and O–H groups in total. The fraction of sp³-hybridized carbons (Fsp3) is 0.312. The number of H-pyrrole nitrogens is 1. The lowest BCUT2D eigenvalue weighted by molar-refractivity contribution is 0.0856. The summed E-state index contributed by atoms with van der Waals surface area (Å²) in [6.45, 7) is 2.49. The second kappa shape index (κ2) is 6.29. The molecule has 5 aromatic rings. The van der Waals surface area contributed by atoms with Gasteiger partial charge < -0.3 is 4.98 Å². The van der Waals surface area contributed by atoms with Crippen LogP contribution in [0.5, 0.6) is 0 Å². The zero-order valence-corrected chi connectivity index (χ0v) is 19.2. The van der Waals surface area contributed by atoms with Gasteiger partial charge in [0.05, 0.1) is 5.52 Å². The first-order chi connectivity index (χ1) is 16.2. The molecule has 4 atom stereocenters. The Morgan fingerprint density at radius 2 is 1.67 bits per heavy atom. The molecule has 4 aromatic carbocycles. The van der Waals surface area contributed by atoms with Crippen LogP contribution in [0, 0.1) is 17.8 Å². The summed E-state index contributed by atoms with van der Waals surface area (Å²) < 4.78 is 0. The Morgan fingerprint density at radius 1 is 0.788 bits per heavy atom. The average Bonchev–Trinajstić information content (AvgIpc) is 3.36. The lowest BCUT2D eigenvalue weighted by Crippen LogP contribution is -2.44. The van der Waals surface area contributed by atoms with E-state index >= 15 is 0 Å². The van der Waals surface area contributed by atoms with E-state index < -0.39 is 0 Å². The predicted molar refractivity (Wildman–Crippen MR) is 139 cm³/mol. The molecule has 0 aliphatic heterocycles. The number of fused-ring (bicyclic) bond motifs is 14. The molecular weight excluding hydrogens is 398 g/mol. The van der Waals surface area contributed by atoms with Gasteiger partial charge in [0.15, 0.2) is 0 Å².